The van der Waals surface area contributed by atoms with Gasteiger partial charge in [-0.05, 0) is 43.0 Å². The zero-order chi connectivity index (χ0) is 11.6. The average molecular weight is 207 g/mol. The number of aryl methyl sites for hydroxylation is 1. The number of ether oxygens (including phenoxy) is 1. The lowest BCUT2D eigenvalue weighted by molar-refractivity contribution is -0.109. The maximum atomic E-state index is 10.7. The van der Waals surface area contributed by atoms with Crippen molar-refractivity contribution in [2.24, 2.45) is 5.73 Å². The monoisotopic (exact) mass is 207 g/mol. The van der Waals surface area contributed by atoms with Gasteiger partial charge in [0.2, 0.25) is 0 Å². The summed E-state index contributed by atoms with van der Waals surface area (Å²) in [6.45, 7) is 5.88. The van der Waals surface area contributed by atoms with Gasteiger partial charge < -0.3 is 15.3 Å². The van der Waals surface area contributed by atoms with Crippen LogP contribution in [0.5, 0.6) is 5.75 Å². The molecule has 15 heavy (non-hydrogen) atoms. The van der Waals surface area contributed by atoms with E-state index in [2.05, 4.69) is 0 Å². The summed E-state index contributed by atoms with van der Waals surface area (Å²) in [4.78, 5) is 10.7. The van der Waals surface area contributed by atoms with E-state index in [-0.39, 0.29) is 0 Å². The van der Waals surface area contributed by atoms with E-state index in [0.717, 1.165) is 34.3 Å². The molecule has 1 unspecified atom stereocenters. The van der Waals surface area contributed by atoms with Crippen molar-refractivity contribution in [3.63, 3.8) is 0 Å². The van der Waals surface area contributed by atoms with Crippen LogP contribution in [-0.4, -0.2) is 13.4 Å². The number of rotatable bonds is 3. The second kappa shape index (κ2) is 4.45. The summed E-state index contributed by atoms with van der Waals surface area (Å²) in [5, 5.41) is 0. The van der Waals surface area contributed by atoms with Gasteiger partial charge in [0.1, 0.15) is 12.0 Å². The zero-order valence-corrected chi connectivity index (χ0v) is 9.63. The molecule has 0 amide bonds. The van der Waals surface area contributed by atoms with Crippen LogP contribution in [0.1, 0.15) is 28.3 Å². The van der Waals surface area contributed by atoms with Crippen LogP contribution in [-0.2, 0) is 4.79 Å². The summed E-state index contributed by atoms with van der Waals surface area (Å²) in [5.41, 5.74) is 9.67. The van der Waals surface area contributed by atoms with E-state index in [1.54, 1.807) is 7.11 Å². The lowest BCUT2D eigenvalue weighted by atomic mass is 9.95. The largest absolute Gasteiger partial charge is 0.496 e. The van der Waals surface area contributed by atoms with Gasteiger partial charge in [-0.15, -0.1) is 0 Å². The van der Waals surface area contributed by atoms with Crippen molar-refractivity contribution in [1.82, 2.24) is 0 Å². The van der Waals surface area contributed by atoms with Crippen molar-refractivity contribution in [3.05, 3.63) is 28.3 Å². The van der Waals surface area contributed by atoms with Gasteiger partial charge in [-0.3, -0.25) is 0 Å². The Kier molecular flexibility index (Phi) is 3.48. The molecule has 0 aliphatic carbocycles. The van der Waals surface area contributed by atoms with Crippen molar-refractivity contribution in [1.29, 1.82) is 0 Å². The Morgan fingerprint density at radius 3 is 2.40 bits per heavy atom. The molecule has 0 bridgehead atoms. The van der Waals surface area contributed by atoms with Crippen LogP contribution < -0.4 is 10.5 Å². The lowest BCUT2D eigenvalue weighted by Gasteiger charge is -2.17. The van der Waals surface area contributed by atoms with Crippen LogP contribution >= 0.6 is 0 Å². The SMILES string of the molecule is COc1c(C)cc(C(N)C=O)c(C)c1C. The summed E-state index contributed by atoms with van der Waals surface area (Å²) in [6.07, 6.45) is 0.758. The van der Waals surface area contributed by atoms with E-state index >= 15 is 0 Å². The highest BCUT2D eigenvalue weighted by Gasteiger charge is 2.14. The summed E-state index contributed by atoms with van der Waals surface area (Å²) in [6, 6.07) is 1.37. The molecular weight excluding hydrogens is 190 g/mol. The van der Waals surface area contributed by atoms with Crippen LogP contribution in [0.2, 0.25) is 0 Å². The van der Waals surface area contributed by atoms with Crippen molar-refractivity contribution >= 4 is 6.29 Å². The van der Waals surface area contributed by atoms with Crippen LogP contribution in [0, 0.1) is 20.8 Å². The van der Waals surface area contributed by atoms with Crippen molar-refractivity contribution in [3.8, 4) is 5.75 Å². The maximum Gasteiger partial charge on any atom is 0.141 e. The number of carbonyl (C=O) groups excluding carboxylic acids is 1. The number of benzene rings is 1. The number of methoxy groups -OCH3 is 1. The summed E-state index contributed by atoms with van der Waals surface area (Å²) in [7, 11) is 1.65. The first-order chi connectivity index (χ1) is 7.02. The third kappa shape index (κ3) is 2.02. The van der Waals surface area contributed by atoms with Gasteiger partial charge in [-0.25, -0.2) is 0 Å². The van der Waals surface area contributed by atoms with Gasteiger partial charge in [0.05, 0.1) is 13.2 Å². The molecule has 1 atom stereocenters. The summed E-state index contributed by atoms with van der Waals surface area (Å²) < 4.78 is 5.30. The van der Waals surface area contributed by atoms with Crippen molar-refractivity contribution in [2.75, 3.05) is 7.11 Å². The first-order valence-electron chi connectivity index (χ1n) is 4.88. The number of carbonyl (C=O) groups is 1. The summed E-state index contributed by atoms with van der Waals surface area (Å²) in [5.74, 6) is 0.870. The molecule has 2 N–H and O–H groups in total. The molecule has 0 aliphatic rings. The third-order valence-electron chi connectivity index (χ3n) is 2.78. The van der Waals surface area contributed by atoms with E-state index in [4.69, 9.17) is 10.5 Å². The Labute approximate surface area is 90.2 Å². The molecule has 82 valence electrons. The van der Waals surface area contributed by atoms with Gasteiger partial charge in [-0.1, -0.05) is 6.07 Å². The molecule has 0 radical (unpaired) electrons. The Balaban J connectivity index is 3.40. The molecule has 1 rings (SSSR count). The smallest absolute Gasteiger partial charge is 0.141 e. The minimum atomic E-state index is -0.548. The van der Waals surface area contributed by atoms with Crippen LogP contribution in [0.15, 0.2) is 6.07 Å². The fourth-order valence-electron chi connectivity index (χ4n) is 1.82. The predicted octanol–water partition coefficient (Wildman–Crippen LogP) is 1.82. The molecule has 0 aromatic heterocycles. The average Bonchev–Trinajstić information content (AvgIpc) is 2.23. The van der Waals surface area contributed by atoms with Gasteiger partial charge in [-0.2, -0.15) is 0 Å². The molecule has 3 nitrogen and oxygen atoms in total. The molecule has 0 heterocycles. The first kappa shape index (κ1) is 11.7. The maximum absolute atomic E-state index is 10.7. The Hall–Kier alpha value is -1.35. The standard InChI is InChI=1S/C12H17NO2/c1-7-5-10(11(13)6-14)8(2)9(3)12(7)15-4/h5-6,11H,13H2,1-4H3. The molecular formula is C12H17NO2. The van der Waals surface area contributed by atoms with Gasteiger partial charge in [0.25, 0.3) is 0 Å². The zero-order valence-electron chi connectivity index (χ0n) is 9.63. The molecule has 0 saturated carbocycles. The quantitative estimate of drug-likeness (QED) is 0.769. The third-order valence-corrected chi connectivity index (χ3v) is 2.78. The highest BCUT2D eigenvalue weighted by molar-refractivity contribution is 5.64. The fraction of sp³-hybridized carbons (Fsp3) is 0.417. The van der Waals surface area contributed by atoms with Crippen molar-refractivity contribution < 1.29 is 9.53 Å². The second-order valence-corrected chi connectivity index (χ2v) is 3.73. The molecule has 3 heteroatoms. The first-order valence-corrected chi connectivity index (χ1v) is 4.88. The number of hydrogen-bond acceptors (Lipinski definition) is 3. The number of aldehydes is 1. The molecule has 0 aliphatic heterocycles. The predicted molar refractivity (Wildman–Crippen MR) is 60.2 cm³/mol. The van der Waals surface area contributed by atoms with Gasteiger partial charge >= 0.3 is 0 Å². The minimum absolute atomic E-state index is 0.548. The topological polar surface area (TPSA) is 52.3 Å². The highest BCUT2D eigenvalue weighted by atomic mass is 16.5. The lowest BCUT2D eigenvalue weighted by Crippen LogP contribution is -2.14. The van der Waals surface area contributed by atoms with Crippen LogP contribution in [0.3, 0.4) is 0 Å². The van der Waals surface area contributed by atoms with E-state index in [1.165, 1.54) is 0 Å². The van der Waals surface area contributed by atoms with Gasteiger partial charge in [0, 0.05) is 0 Å². The molecule has 1 aromatic carbocycles. The van der Waals surface area contributed by atoms with E-state index < -0.39 is 6.04 Å². The van der Waals surface area contributed by atoms with Crippen LogP contribution in [0.4, 0.5) is 0 Å². The second-order valence-electron chi connectivity index (χ2n) is 3.73. The number of nitrogens with two attached hydrogens (primary N) is 1. The number of hydrogen-bond donors (Lipinski definition) is 1. The normalized spacial score (nSPS) is 12.3. The molecule has 1 aromatic rings. The van der Waals surface area contributed by atoms with E-state index in [9.17, 15) is 4.79 Å². The molecule has 0 fully saturated rings. The Morgan fingerprint density at radius 2 is 1.93 bits per heavy atom. The minimum Gasteiger partial charge on any atom is -0.496 e. The molecule has 0 saturated heterocycles. The Bertz CT molecular complexity index is 386. The van der Waals surface area contributed by atoms with E-state index in [0.29, 0.717) is 0 Å². The highest BCUT2D eigenvalue weighted by Crippen LogP contribution is 2.30. The van der Waals surface area contributed by atoms with Crippen molar-refractivity contribution in [2.45, 2.75) is 26.8 Å². The van der Waals surface area contributed by atoms with Gasteiger partial charge in [0.15, 0.2) is 0 Å². The fourth-order valence-corrected chi connectivity index (χ4v) is 1.82. The van der Waals surface area contributed by atoms with E-state index in [1.807, 2.05) is 26.8 Å². The summed E-state index contributed by atoms with van der Waals surface area (Å²) >= 11 is 0. The van der Waals surface area contributed by atoms with Crippen LogP contribution in [0.25, 0.3) is 0 Å². The molecule has 0 spiro atoms. The Morgan fingerprint density at radius 1 is 1.33 bits per heavy atom.